The lowest BCUT2D eigenvalue weighted by atomic mass is 10.0. The number of carbonyl (C=O) groups excluding carboxylic acids is 1. The van der Waals surface area contributed by atoms with Crippen LogP contribution >= 0.6 is 0 Å². The summed E-state index contributed by atoms with van der Waals surface area (Å²) in [5.74, 6) is 0. The standard InChI is InChI=1S/C22H30N4O/c1-18-7-2-3-14-26(18)17-20-8-4-11-21(15-20)25-22(27)24-13-6-10-19-9-5-12-23-16-19/h4-5,8-9,11-12,15-16,18H,2-3,6-7,10,13-14,17H2,1H3,(H2,24,25,27)/t18-/m1/s1. The van der Waals surface area contributed by atoms with E-state index >= 15 is 0 Å². The quantitative estimate of drug-likeness (QED) is 0.722. The molecule has 1 atom stereocenters. The number of pyridine rings is 1. The highest BCUT2D eigenvalue weighted by atomic mass is 16.2. The molecular weight excluding hydrogens is 336 g/mol. The van der Waals surface area contributed by atoms with E-state index in [0.717, 1.165) is 31.6 Å². The van der Waals surface area contributed by atoms with Crippen LogP contribution in [0.15, 0.2) is 48.8 Å². The van der Waals surface area contributed by atoms with E-state index in [0.29, 0.717) is 12.6 Å². The van der Waals surface area contributed by atoms with Crippen molar-refractivity contribution in [3.05, 3.63) is 59.9 Å². The van der Waals surface area contributed by atoms with Crippen LogP contribution < -0.4 is 10.6 Å². The van der Waals surface area contributed by atoms with Gasteiger partial charge in [-0.1, -0.05) is 24.6 Å². The minimum atomic E-state index is -0.148. The van der Waals surface area contributed by atoms with Gasteiger partial charge in [-0.15, -0.1) is 0 Å². The second-order valence-electron chi connectivity index (χ2n) is 7.36. The summed E-state index contributed by atoms with van der Waals surface area (Å²) in [6.07, 6.45) is 9.34. The number of likely N-dealkylation sites (tertiary alicyclic amines) is 1. The summed E-state index contributed by atoms with van der Waals surface area (Å²) in [5, 5.41) is 5.88. The zero-order valence-electron chi connectivity index (χ0n) is 16.2. The summed E-state index contributed by atoms with van der Waals surface area (Å²) < 4.78 is 0. The molecule has 0 bridgehead atoms. The third-order valence-electron chi connectivity index (χ3n) is 5.16. The van der Waals surface area contributed by atoms with Crippen molar-refractivity contribution in [3.63, 3.8) is 0 Å². The van der Waals surface area contributed by atoms with E-state index in [2.05, 4.69) is 45.6 Å². The van der Waals surface area contributed by atoms with Gasteiger partial charge in [0, 0.05) is 37.2 Å². The van der Waals surface area contributed by atoms with Crippen LogP contribution in [-0.4, -0.2) is 35.0 Å². The molecule has 1 aromatic carbocycles. The van der Waals surface area contributed by atoms with Crippen LogP contribution in [0, 0.1) is 0 Å². The van der Waals surface area contributed by atoms with Crippen LogP contribution in [0.5, 0.6) is 0 Å². The topological polar surface area (TPSA) is 57.3 Å². The highest BCUT2D eigenvalue weighted by molar-refractivity contribution is 5.89. The molecule has 0 unspecified atom stereocenters. The fourth-order valence-corrected chi connectivity index (χ4v) is 3.59. The average Bonchev–Trinajstić information content (AvgIpc) is 2.68. The molecule has 0 spiro atoms. The summed E-state index contributed by atoms with van der Waals surface area (Å²) in [5.41, 5.74) is 3.29. The third-order valence-corrected chi connectivity index (χ3v) is 5.16. The van der Waals surface area contributed by atoms with Crippen molar-refractivity contribution < 1.29 is 4.79 Å². The molecular formula is C22H30N4O. The molecule has 144 valence electrons. The van der Waals surface area contributed by atoms with E-state index < -0.39 is 0 Å². The molecule has 2 heterocycles. The molecule has 1 saturated heterocycles. The van der Waals surface area contributed by atoms with E-state index in [-0.39, 0.29) is 6.03 Å². The van der Waals surface area contributed by atoms with Gasteiger partial charge in [-0.2, -0.15) is 0 Å². The predicted molar refractivity (Wildman–Crippen MR) is 110 cm³/mol. The molecule has 2 aromatic rings. The molecule has 27 heavy (non-hydrogen) atoms. The monoisotopic (exact) mass is 366 g/mol. The fourth-order valence-electron chi connectivity index (χ4n) is 3.59. The van der Waals surface area contributed by atoms with Gasteiger partial charge in [-0.25, -0.2) is 4.79 Å². The Labute approximate surface area is 162 Å². The van der Waals surface area contributed by atoms with E-state index in [1.165, 1.54) is 30.4 Å². The van der Waals surface area contributed by atoms with Crippen LogP contribution in [0.1, 0.15) is 43.7 Å². The maximum atomic E-state index is 12.1. The second-order valence-corrected chi connectivity index (χ2v) is 7.36. The molecule has 0 radical (unpaired) electrons. The molecule has 1 aliphatic rings. The van der Waals surface area contributed by atoms with Gasteiger partial charge in [-0.3, -0.25) is 9.88 Å². The molecule has 2 N–H and O–H groups in total. The number of benzene rings is 1. The smallest absolute Gasteiger partial charge is 0.319 e. The van der Waals surface area contributed by atoms with Crippen molar-refractivity contribution >= 4 is 11.7 Å². The van der Waals surface area contributed by atoms with Gasteiger partial charge >= 0.3 is 6.03 Å². The van der Waals surface area contributed by atoms with Gasteiger partial charge < -0.3 is 10.6 Å². The van der Waals surface area contributed by atoms with E-state index in [9.17, 15) is 4.79 Å². The molecule has 5 heteroatoms. The highest BCUT2D eigenvalue weighted by Crippen LogP contribution is 2.20. The zero-order chi connectivity index (χ0) is 18.9. The molecule has 3 rings (SSSR count). The van der Waals surface area contributed by atoms with Gasteiger partial charge in [-0.05, 0) is 68.5 Å². The number of hydrogen-bond acceptors (Lipinski definition) is 3. The SMILES string of the molecule is C[C@@H]1CCCCN1Cc1cccc(NC(=O)NCCCc2cccnc2)c1. The van der Waals surface area contributed by atoms with Gasteiger partial charge in [0.1, 0.15) is 0 Å². The largest absolute Gasteiger partial charge is 0.338 e. The molecule has 1 fully saturated rings. The number of aryl methyl sites for hydroxylation is 1. The maximum Gasteiger partial charge on any atom is 0.319 e. The second kappa shape index (κ2) is 10.1. The highest BCUT2D eigenvalue weighted by Gasteiger charge is 2.18. The van der Waals surface area contributed by atoms with E-state index in [4.69, 9.17) is 0 Å². The Hall–Kier alpha value is -2.40. The Balaban J connectivity index is 1.42. The first kappa shape index (κ1) is 19.4. The summed E-state index contributed by atoms with van der Waals surface area (Å²) in [7, 11) is 0. The molecule has 5 nitrogen and oxygen atoms in total. The van der Waals surface area contributed by atoms with E-state index in [1.807, 2.05) is 24.4 Å². The number of urea groups is 1. The third kappa shape index (κ3) is 6.36. The number of hydrogen-bond donors (Lipinski definition) is 2. The van der Waals surface area contributed by atoms with Crippen molar-refractivity contribution in [3.8, 4) is 0 Å². The number of rotatable bonds is 7. The average molecular weight is 367 g/mol. The number of amides is 2. The minimum absolute atomic E-state index is 0.148. The predicted octanol–water partition coefficient (Wildman–Crippen LogP) is 4.21. The lowest BCUT2D eigenvalue weighted by Gasteiger charge is -2.33. The van der Waals surface area contributed by atoms with Crippen molar-refractivity contribution in [2.24, 2.45) is 0 Å². The Kier molecular flexibility index (Phi) is 7.22. The number of piperidine rings is 1. The van der Waals surface area contributed by atoms with Crippen molar-refractivity contribution in [2.45, 2.75) is 51.6 Å². The fraction of sp³-hybridized carbons (Fsp3) is 0.455. The normalized spacial score (nSPS) is 17.4. The number of nitrogens with zero attached hydrogens (tertiary/aromatic N) is 2. The number of anilines is 1. The van der Waals surface area contributed by atoms with Crippen LogP contribution in [0.3, 0.4) is 0 Å². The zero-order valence-corrected chi connectivity index (χ0v) is 16.2. The van der Waals surface area contributed by atoms with Gasteiger partial charge in [0.25, 0.3) is 0 Å². The Morgan fingerprint density at radius 2 is 2.11 bits per heavy atom. The van der Waals surface area contributed by atoms with Crippen LogP contribution in [-0.2, 0) is 13.0 Å². The number of carbonyl (C=O) groups is 1. The van der Waals surface area contributed by atoms with Gasteiger partial charge in [0.2, 0.25) is 0 Å². The van der Waals surface area contributed by atoms with Crippen molar-refractivity contribution in [2.75, 3.05) is 18.4 Å². The maximum absolute atomic E-state index is 12.1. The first-order valence-electron chi connectivity index (χ1n) is 9.97. The summed E-state index contributed by atoms with van der Waals surface area (Å²) in [4.78, 5) is 18.8. The number of aromatic nitrogens is 1. The molecule has 1 aliphatic heterocycles. The lowest BCUT2D eigenvalue weighted by Crippen LogP contribution is -2.36. The molecule has 1 aromatic heterocycles. The van der Waals surface area contributed by atoms with Crippen LogP contribution in [0.25, 0.3) is 0 Å². The van der Waals surface area contributed by atoms with Gasteiger partial charge in [0.05, 0.1) is 0 Å². The van der Waals surface area contributed by atoms with Crippen molar-refractivity contribution in [1.82, 2.24) is 15.2 Å². The summed E-state index contributed by atoms with van der Waals surface area (Å²) in [6.45, 7) is 5.06. The Morgan fingerprint density at radius 1 is 1.22 bits per heavy atom. The first-order valence-corrected chi connectivity index (χ1v) is 9.97. The summed E-state index contributed by atoms with van der Waals surface area (Å²) >= 11 is 0. The minimum Gasteiger partial charge on any atom is -0.338 e. The Bertz CT molecular complexity index is 719. The Morgan fingerprint density at radius 3 is 2.93 bits per heavy atom. The van der Waals surface area contributed by atoms with E-state index in [1.54, 1.807) is 6.20 Å². The first-order chi connectivity index (χ1) is 13.2. The van der Waals surface area contributed by atoms with Crippen LogP contribution in [0.4, 0.5) is 10.5 Å². The molecule has 0 aliphatic carbocycles. The molecule has 2 amide bonds. The lowest BCUT2D eigenvalue weighted by molar-refractivity contribution is 0.152. The van der Waals surface area contributed by atoms with Crippen LogP contribution in [0.2, 0.25) is 0 Å². The number of nitrogens with one attached hydrogen (secondary N) is 2. The summed E-state index contributed by atoms with van der Waals surface area (Å²) in [6, 6.07) is 12.7. The van der Waals surface area contributed by atoms with Gasteiger partial charge in [0.15, 0.2) is 0 Å². The van der Waals surface area contributed by atoms with Crippen molar-refractivity contribution in [1.29, 1.82) is 0 Å². The molecule has 0 saturated carbocycles.